The predicted octanol–water partition coefficient (Wildman–Crippen LogP) is 1.64. The molecule has 2 aromatic rings. The van der Waals surface area contributed by atoms with Crippen LogP contribution in [0.2, 0.25) is 0 Å². The lowest BCUT2D eigenvalue weighted by Gasteiger charge is -2.31. The fraction of sp³-hybridized carbons (Fsp3) is 0.538. The van der Waals surface area contributed by atoms with Crippen LogP contribution in [-0.2, 0) is 4.79 Å². The van der Waals surface area contributed by atoms with E-state index in [4.69, 9.17) is 9.90 Å². The van der Waals surface area contributed by atoms with E-state index in [-0.39, 0.29) is 13.1 Å². The van der Waals surface area contributed by atoms with E-state index in [1.165, 1.54) is 0 Å². The van der Waals surface area contributed by atoms with E-state index in [0.717, 1.165) is 5.39 Å². The Kier molecular flexibility index (Phi) is 5.90. The summed E-state index contributed by atoms with van der Waals surface area (Å²) in [6, 6.07) is 0. The Labute approximate surface area is 143 Å². The minimum Gasteiger partial charge on any atom is -0.475 e. The molecule has 0 saturated carbocycles. The van der Waals surface area contributed by atoms with E-state index >= 15 is 0 Å². The molecule has 3 heterocycles. The highest BCUT2D eigenvalue weighted by Crippen LogP contribution is 2.29. The summed E-state index contributed by atoms with van der Waals surface area (Å²) in [6.07, 6.45) is -1.43. The summed E-state index contributed by atoms with van der Waals surface area (Å²) in [6.45, 7) is 0.510. The van der Waals surface area contributed by atoms with Crippen molar-refractivity contribution in [3.63, 3.8) is 0 Å². The molecule has 1 saturated heterocycles. The largest absolute Gasteiger partial charge is 0.490 e. The molecule has 0 aliphatic carbocycles. The number of piperidine rings is 1. The molecule has 13 heteroatoms. The minimum atomic E-state index is -5.08. The third-order valence-corrected chi connectivity index (χ3v) is 3.57. The summed E-state index contributed by atoms with van der Waals surface area (Å²) < 4.78 is 59.0. The number of aliphatic carboxylic acids is 1. The Bertz CT molecular complexity index is 750. The first-order chi connectivity index (χ1) is 12.1. The van der Waals surface area contributed by atoms with Gasteiger partial charge in [0.15, 0.2) is 5.65 Å². The Balaban J connectivity index is 0.000000298. The van der Waals surface area contributed by atoms with E-state index in [2.05, 4.69) is 30.8 Å². The standard InChI is InChI=1S/C11H14F2N6.C2HF3O2/c12-11(13)6-14-2-1-8(11)5-16-10-15-3-7-4-17-19-9(7)18-10;3-2(4,5)1(6)7/h3-4,8,14H,1-2,5-6H2,(H2,15,16,17,18,19);(H,6,7)/t8-;/m1./s1. The second-order valence-corrected chi connectivity index (χ2v) is 5.47. The van der Waals surface area contributed by atoms with Gasteiger partial charge in [0.2, 0.25) is 5.95 Å². The molecule has 0 aromatic carbocycles. The number of alkyl halides is 5. The third-order valence-electron chi connectivity index (χ3n) is 3.57. The van der Waals surface area contributed by atoms with Crippen LogP contribution < -0.4 is 10.6 Å². The highest BCUT2D eigenvalue weighted by atomic mass is 19.4. The Hall–Kier alpha value is -2.57. The molecule has 1 aliphatic heterocycles. The smallest absolute Gasteiger partial charge is 0.475 e. The van der Waals surface area contributed by atoms with Gasteiger partial charge >= 0.3 is 12.1 Å². The molecule has 144 valence electrons. The van der Waals surface area contributed by atoms with Gasteiger partial charge in [-0.2, -0.15) is 23.3 Å². The van der Waals surface area contributed by atoms with Crippen LogP contribution in [0.15, 0.2) is 12.4 Å². The first-order valence-corrected chi connectivity index (χ1v) is 7.38. The SMILES string of the molecule is FC1(F)CNCC[C@@H]1CNc1ncc2cn[nH]c2n1.O=C(O)C(F)(F)F. The monoisotopic (exact) mass is 382 g/mol. The molecule has 4 N–H and O–H groups in total. The summed E-state index contributed by atoms with van der Waals surface area (Å²) in [5.41, 5.74) is 0.592. The maximum Gasteiger partial charge on any atom is 0.490 e. The van der Waals surface area contributed by atoms with Crippen LogP contribution >= 0.6 is 0 Å². The maximum absolute atomic E-state index is 13.6. The second-order valence-electron chi connectivity index (χ2n) is 5.47. The van der Waals surface area contributed by atoms with Crippen molar-refractivity contribution in [3.05, 3.63) is 12.4 Å². The van der Waals surface area contributed by atoms with Gasteiger partial charge in [0.05, 0.1) is 18.1 Å². The van der Waals surface area contributed by atoms with Crippen LogP contribution in [-0.4, -0.2) is 63.0 Å². The van der Waals surface area contributed by atoms with Gasteiger partial charge in [0.25, 0.3) is 5.92 Å². The van der Waals surface area contributed by atoms with Gasteiger partial charge in [-0.25, -0.2) is 18.6 Å². The molecule has 0 amide bonds. The van der Waals surface area contributed by atoms with E-state index < -0.39 is 24.0 Å². The predicted molar refractivity (Wildman–Crippen MR) is 79.8 cm³/mol. The average molecular weight is 382 g/mol. The summed E-state index contributed by atoms with van der Waals surface area (Å²) in [4.78, 5) is 17.1. The molecule has 3 rings (SSSR count). The number of carboxylic acids is 1. The average Bonchev–Trinajstić information content (AvgIpc) is 3.00. The van der Waals surface area contributed by atoms with Crippen molar-refractivity contribution in [2.45, 2.75) is 18.5 Å². The molecule has 0 bridgehead atoms. The number of anilines is 1. The quantitative estimate of drug-likeness (QED) is 0.597. The van der Waals surface area contributed by atoms with Crippen LogP contribution in [0.4, 0.5) is 27.9 Å². The Morgan fingerprint density at radius 1 is 1.38 bits per heavy atom. The molecule has 2 aromatic heterocycles. The number of nitrogens with zero attached hydrogens (tertiary/aromatic N) is 3. The van der Waals surface area contributed by atoms with Crippen molar-refractivity contribution in [2.75, 3.05) is 25.0 Å². The normalized spacial score (nSPS) is 19.5. The molecule has 0 unspecified atom stereocenters. The van der Waals surface area contributed by atoms with Crippen molar-refractivity contribution in [3.8, 4) is 0 Å². The number of halogens is 5. The summed E-state index contributed by atoms with van der Waals surface area (Å²) >= 11 is 0. The van der Waals surface area contributed by atoms with Crippen molar-refractivity contribution < 1.29 is 31.9 Å². The van der Waals surface area contributed by atoms with Crippen molar-refractivity contribution in [1.29, 1.82) is 0 Å². The first kappa shape index (κ1) is 19.8. The number of hydrogen-bond donors (Lipinski definition) is 4. The number of aromatic amines is 1. The van der Waals surface area contributed by atoms with Gasteiger partial charge < -0.3 is 15.7 Å². The van der Waals surface area contributed by atoms with Crippen LogP contribution in [0.1, 0.15) is 6.42 Å². The second kappa shape index (κ2) is 7.76. The fourth-order valence-electron chi connectivity index (χ4n) is 2.18. The summed E-state index contributed by atoms with van der Waals surface area (Å²) in [7, 11) is 0. The zero-order valence-corrected chi connectivity index (χ0v) is 13.1. The van der Waals surface area contributed by atoms with Gasteiger partial charge in [-0.15, -0.1) is 0 Å². The highest BCUT2D eigenvalue weighted by molar-refractivity contribution is 5.73. The number of carboxylic acid groups (broad SMARTS) is 1. The van der Waals surface area contributed by atoms with E-state index in [1.54, 1.807) is 12.4 Å². The first-order valence-electron chi connectivity index (χ1n) is 7.38. The van der Waals surface area contributed by atoms with E-state index in [1.807, 2.05) is 0 Å². The lowest BCUT2D eigenvalue weighted by atomic mass is 9.94. The fourth-order valence-corrected chi connectivity index (χ4v) is 2.18. The van der Waals surface area contributed by atoms with Crippen molar-refractivity contribution in [1.82, 2.24) is 25.5 Å². The topological polar surface area (TPSA) is 116 Å². The molecule has 1 aliphatic rings. The minimum absolute atomic E-state index is 0.161. The van der Waals surface area contributed by atoms with Gasteiger partial charge in [-0.05, 0) is 13.0 Å². The van der Waals surface area contributed by atoms with Crippen molar-refractivity contribution in [2.24, 2.45) is 5.92 Å². The van der Waals surface area contributed by atoms with Crippen LogP contribution in [0, 0.1) is 5.92 Å². The number of aromatic nitrogens is 4. The number of fused-ring (bicyclic) bond motifs is 1. The number of rotatable bonds is 3. The molecule has 0 spiro atoms. The number of carbonyl (C=O) groups is 1. The highest BCUT2D eigenvalue weighted by Gasteiger charge is 2.41. The summed E-state index contributed by atoms with van der Waals surface area (Å²) in [5.74, 6) is -5.81. The Morgan fingerprint density at radius 2 is 2.08 bits per heavy atom. The van der Waals surface area contributed by atoms with Crippen LogP contribution in [0.3, 0.4) is 0 Å². The van der Waals surface area contributed by atoms with Gasteiger partial charge in [-0.3, -0.25) is 5.10 Å². The van der Waals surface area contributed by atoms with Gasteiger partial charge in [0, 0.05) is 18.7 Å². The van der Waals surface area contributed by atoms with Gasteiger partial charge in [0.1, 0.15) is 0 Å². The summed E-state index contributed by atoms with van der Waals surface area (Å²) in [5, 5.41) is 20.0. The number of hydrogen-bond acceptors (Lipinski definition) is 6. The zero-order valence-electron chi connectivity index (χ0n) is 13.1. The molecule has 26 heavy (non-hydrogen) atoms. The van der Waals surface area contributed by atoms with E-state index in [9.17, 15) is 22.0 Å². The lowest BCUT2D eigenvalue weighted by molar-refractivity contribution is -0.192. The van der Waals surface area contributed by atoms with Gasteiger partial charge in [-0.1, -0.05) is 0 Å². The van der Waals surface area contributed by atoms with Crippen LogP contribution in [0.5, 0.6) is 0 Å². The molecule has 1 fully saturated rings. The molecule has 0 radical (unpaired) electrons. The maximum atomic E-state index is 13.6. The van der Waals surface area contributed by atoms with Crippen LogP contribution in [0.25, 0.3) is 11.0 Å². The number of H-pyrrole nitrogens is 1. The molecular formula is C13H15F5N6O2. The molecule has 8 nitrogen and oxygen atoms in total. The third kappa shape index (κ3) is 5.21. The van der Waals surface area contributed by atoms with E-state index in [0.29, 0.717) is 24.6 Å². The number of nitrogens with one attached hydrogen (secondary N) is 3. The Morgan fingerprint density at radius 3 is 2.69 bits per heavy atom. The van der Waals surface area contributed by atoms with Crippen molar-refractivity contribution >= 4 is 23.0 Å². The molecular weight excluding hydrogens is 367 g/mol. The molecule has 1 atom stereocenters. The zero-order chi connectivity index (χ0) is 19.4. The lowest BCUT2D eigenvalue weighted by Crippen LogP contribution is -2.48.